The highest BCUT2D eigenvalue weighted by atomic mass is 16.5. The Balaban J connectivity index is 0.924. The topological polar surface area (TPSA) is 53.7 Å². The predicted octanol–water partition coefficient (Wildman–Crippen LogP) is 15.3. The monoisotopic (exact) mass is 808 g/mol. The number of hydrogen-bond donors (Lipinski definition) is 1. The zero-order valence-electron chi connectivity index (χ0n) is 39.3. The molecule has 2 unspecified atom stereocenters. The maximum atomic E-state index is 6.55. The fourth-order valence-electron chi connectivity index (χ4n) is 12.1. The number of unbranched alkanes of at least 4 members (excludes halogenated alkanes) is 14. The van der Waals surface area contributed by atoms with Crippen LogP contribution in [0.15, 0.2) is 36.0 Å². The molecule has 0 heterocycles. The van der Waals surface area contributed by atoms with E-state index in [-0.39, 0.29) is 6.04 Å². The average molecular weight is 808 g/mol. The van der Waals surface area contributed by atoms with Crippen molar-refractivity contribution in [1.82, 2.24) is 0 Å². The Hall–Kier alpha value is -0.940. The van der Waals surface area contributed by atoms with Crippen molar-refractivity contribution in [2.75, 3.05) is 33.0 Å². The summed E-state index contributed by atoms with van der Waals surface area (Å²) in [6.07, 6.45) is 50.8. The smallest absolute Gasteiger partial charge is 0.0640 e. The summed E-state index contributed by atoms with van der Waals surface area (Å²) in [5.41, 5.74) is 9.07. The lowest BCUT2D eigenvalue weighted by Crippen LogP contribution is -2.50. The first-order valence-corrected chi connectivity index (χ1v) is 25.8. The quantitative estimate of drug-likeness (QED) is 0.0530. The third kappa shape index (κ3) is 17.1. The van der Waals surface area contributed by atoms with E-state index < -0.39 is 0 Å². The normalized spacial score (nSPS) is 28.9. The van der Waals surface area contributed by atoms with Crippen molar-refractivity contribution in [2.24, 2.45) is 46.2 Å². The minimum absolute atomic E-state index is 0.0159. The van der Waals surface area contributed by atoms with Crippen LogP contribution in [0.1, 0.15) is 221 Å². The van der Waals surface area contributed by atoms with Crippen molar-refractivity contribution in [1.29, 1.82) is 0 Å². The van der Waals surface area contributed by atoms with Gasteiger partial charge in [0.15, 0.2) is 0 Å². The van der Waals surface area contributed by atoms with Gasteiger partial charge in [0.2, 0.25) is 0 Å². The summed E-state index contributed by atoms with van der Waals surface area (Å²) in [6.45, 7) is 16.2. The van der Waals surface area contributed by atoms with Crippen molar-refractivity contribution in [3.05, 3.63) is 36.0 Å². The lowest BCUT2D eigenvalue weighted by molar-refractivity contribution is -0.0589. The van der Waals surface area contributed by atoms with Crippen LogP contribution in [0.4, 0.5) is 0 Å². The van der Waals surface area contributed by atoms with E-state index in [1.165, 1.54) is 167 Å². The molecule has 0 spiro atoms. The number of nitrogens with two attached hydrogens (primary N) is 1. The molecule has 0 saturated heterocycles. The first-order chi connectivity index (χ1) is 28.3. The molecule has 0 aromatic carbocycles. The summed E-state index contributed by atoms with van der Waals surface area (Å²) in [7, 11) is 0. The molecule has 2 N–H and O–H groups in total. The molecule has 4 rings (SSSR count). The van der Waals surface area contributed by atoms with Gasteiger partial charge in [-0.15, -0.1) is 0 Å². The minimum atomic E-state index is -0.0159. The summed E-state index contributed by atoms with van der Waals surface area (Å²) in [5, 5.41) is 0. The molecule has 4 heteroatoms. The SMILES string of the molecule is CCCCC/C=C\C/C=C\CCCCCCCCOC[C@@H](N)COCCCCCCCO[C@H]1CC[C@@]2(C)C(=CC[C@@H]3C2CC[C@@]2(C)C3CC[C@@H]2CCCCC(C)C)C1. The summed E-state index contributed by atoms with van der Waals surface area (Å²) in [4.78, 5) is 0. The number of hydrogen-bond acceptors (Lipinski definition) is 4. The Kier molecular flexibility index (Phi) is 24.5. The van der Waals surface area contributed by atoms with Crippen LogP contribution in [-0.4, -0.2) is 45.2 Å². The standard InChI is InChI=1S/C54H97NO3/c1-6-7-8-9-10-11-12-13-14-15-16-17-18-19-21-26-39-56-43-48(55)44-57-40-27-22-20-23-28-41-58-49-35-37-54(5)47(42-49)31-33-50-51-34-32-46(30-25-24-29-45(2)3)53(51,4)38-36-52(50)54/h10-11,13-14,31,45-46,48-52H,6-9,12,15-30,32-44,55H2,1-5H3/b11-10-,14-13-/t46-,48+,49-,50-,51?,52?,53+,54-/m0/s1. The number of ether oxygens (including phenoxy) is 3. The molecule has 336 valence electrons. The van der Waals surface area contributed by atoms with E-state index in [2.05, 4.69) is 65.0 Å². The molecule has 4 aliphatic rings. The van der Waals surface area contributed by atoms with Crippen LogP contribution < -0.4 is 5.73 Å². The Bertz CT molecular complexity index is 1150. The second-order valence-corrected chi connectivity index (χ2v) is 20.8. The van der Waals surface area contributed by atoms with Crippen molar-refractivity contribution < 1.29 is 14.2 Å². The molecule has 0 aliphatic heterocycles. The molecular weight excluding hydrogens is 711 g/mol. The second-order valence-electron chi connectivity index (χ2n) is 20.8. The van der Waals surface area contributed by atoms with Gasteiger partial charge in [-0.25, -0.2) is 0 Å². The van der Waals surface area contributed by atoms with Gasteiger partial charge in [0, 0.05) is 19.8 Å². The van der Waals surface area contributed by atoms with Crippen molar-refractivity contribution in [3.63, 3.8) is 0 Å². The Morgan fingerprint density at radius 3 is 2.00 bits per heavy atom. The molecule has 4 aliphatic carbocycles. The number of allylic oxidation sites excluding steroid dienone is 5. The average Bonchev–Trinajstić information content (AvgIpc) is 3.55. The maximum absolute atomic E-state index is 6.55. The van der Waals surface area contributed by atoms with Gasteiger partial charge in [-0.1, -0.05) is 148 Å². The highest BCUT2D eigenvalue weighted by Gasteiger charge is 2.58. The molecule has 3 saturated carbocycles. The molecule has 0 aromatic heterocycles. The zero-order chi connectivity index (χ0) is 41.3. The van der Waals surface area contributed by atoms with Gasteiger partial charge in [0.1, 0.15) is 0 Å². The van der Waals surface area contributed by atoms with E-state index in [0.717, 1.165) is 68.7 Å². The van der Waals surface area contributed by atoms with Crippen LogP contribution in [-0.2, 0) is 14.2 Å². The van der Waals surface area contributed by atoms with Crippen LogP contribution in [0.5, 0.6) is 0 Å². The predicted molar refractivity (Wildman–Crippen MR) is 250 cm³/mol. The summed E-state index contributed by atoms with van der Waals surface area (Å²) < 4.78 is 18.3. The Labute approximate surface area is 361 Å². The summed E-state index contributed by atoms with van der Waals surface area (Å²) in [5.74, 6) is 4.65. The molecule has 8 atom stereocenters. The van der Waals surface area contributed by atoms with E-state index in [1.54, 1.807) is 5.57 Å². The van der Waals surface area contributed by atoms with Crippen LogP contribution in [0.2, 0.25) is 0 Å². The first kappa shape index (κ1) is 49.7. The molecule has 0 bridgehead atoms. The lowest BCUT2D eigenvalue weighted by atomic mass is 9.47. The van der Waals surface area contributed by atoms with Gasteiger partial charge >= 0.3 is 0 Å². The van der Waals surface area contributed by atoms with Crippen LogP contribution in [0.25, 0.3) is 0 Å². The zero-order valence-corrected chi connectivity index (χ0v) is 39.3. The van der Waals surface area contributed by atoms with Crippen LogP contribution >= 0.6 is 0 Å². The third-order valence-electron chi connectivity index (χ3n) is 15.8. The molecular formula is C54H97NO3. The summed E-state index contributed by atoms with van der Waals surface area (Å²) >= 11 is 0. The Morgan fingerprint density at radius 1 is 0.690 bits per heavy atom. The van der Waals surface area contributed by atoms with Crippen LogP contribution in [0, 0.1) is 40.4 Å². The van der Waals surface area contributed by atoms with Gasteiger partial charge in [-0.2, -0.15) is 0 Å². The van der Waals surface area contributed by atoms with Crippen LogP contribution in [0.3, 0.4) is 0 Å². The number of fused-ring (bicyclic) bond motifs is 5. The van der Waals surface area contributed by atoms with Gasteiger partial charge in [0.25, 0.3) is 0 Å². The van der Waals surface area contributed by atoms with E-state index >= 15 is 0 Å². The molecule has 58 heavy (non-hydrogen) atoms. The van der Waals surface area contributed by atoms with Crippen molar-refractivity contribution >= 4 is 0 Å². The molecule has 0 radical (unpaired) electrons. The van der Waals surface area contributed by atoms with Gasteiger partial charge in [-0.05, 0) is 150 Å². The minimum Gasteiger partial charge on any atom is -0.380 e. The van der Waals surface area contributed by atoms with Gasteiger partial charge in [0.05, 0.1) is 25.4 Å². The van der Waals surface area contributed by atoms with Gasteiger partial charge in [-0.3, -0.25) is 0 Å². The second kappa shape index (κ2) is 28.6. The number of rotatable bonds is 33. The summed E-state index contributed by atoms with van der Waals surface area (Å²) in [6, 6.07) is -0.0159. The van der Waals surface area contributed by atoms with E-state index in [0.29, 0.717) is 30.1 Å². The molecule has 0 aromatic rings. The lowest BCUT2D eigenvalue weighted by Gasteiger charge is -2.58. The molecule has 3 fully saturated rings. The maximum Gasteiger partial charge on any atom is 0.0640 e. The largest absolute Gasteiger partial charge is 0.380 e. The fraction of sp³-hybridized carbons (Fsp3) is 0.889. The Morgan fingerprint density at radius 2 is 1.33 bits per heavy atom. The highest BCUT2D eigenvalue weighted by Crippen LogP contribution is 2.66. The van der Waals surface area contributed by atoms with E-state index in [4.69, 9.17) is 19.9 Å². The molecule has 4 nitrogen and oxygen atoms in total. The van der Waals surface area contributed by atoms with Gasteiger partial charge < -0.3 is 19.9 Å². The highest BCUT2D eigenvalue weighted by molar-refractivity contribution is 5.25. The van der Waals surface area contributed by atoms with Crippen molar-refractivity contribution in [3.8, 4) is 0 Å². The van der Waals surface area contributed by atoms with E-state index in [1.807, 2.05) is 0 Å². The third-order valence-corrected chi connectivity index (χ3v) is 15.8. The van der Waals surface area contributed by atoms with Crippen molar-refractivity contribution in [2.45, 2.75) is 233 Å². The molecule has 0 amide bonds. The first-order valence-electron chi connectivity index (χ1n) is 25.8. The van der Waals surface area contributed by atoms with E-state index in [9.17, 15) is 0 Å². The fourth-order valence-corrected chi connectivity index (χ4v) is 12.1.